The number of hydrogen-bond donors (Lipinski definition) is 4. The zero-order valence-electron chi connectivity index (χ0n) is 10.7. The molecule has 0 amide bonds. The van der Waals surface area contributed by atoms with Gasteiger partial charge in [-0.1, -0.05) is 0 Å². The molecular formula is C12H12N2NaO4S. The van der Waals surface area contributed by atoms with E-state index in [-0.39, 0.29) is 62.2 Å². The molecule has 0 saturated heterocycles. The number of hydrogen-bond acceptors (Lipinski definition) is 6. The smallest absolute Gasteiger partial charge is 0.206 e. The Bertz CT molecular complexity index is 690. The average Bonchev–Trinajstić information content (AvgIpc) is 2.35. The number of sulfone groups is 1. The Morgan fingerprint density at radius 2 is 1.15 bits per heavy atom. The van der Waals surface area contributed by atoms with Gasteiger partial charge in [0, 0.05) is 29.6 Å². The molecule has 0 atom stereocenters. The summed E-state index contributed by atoms with van der Waals surface area (Å²) in [7, 11) is -3.80. The molecule has 2 aromatic rings. The van der Waals surface area contributed by atoms with E-state index in [9.17, 15) is 18.6 Å². The second kappa shape index (κ2) is 5.92. The first-order chi connectivity index (χ1) is 8.82. The van der Waals surface area contributed by atoms with Crippen molar-refractivity contribution in [2.45, 2.75) is 9.79 Å². The molecule has 0 bridgehead atoms. The number of anilines is 2. The molecule has 1 radical (unpaired) electrons. The van der Waals surface area contributed by atoms with Crippen molar-refractivity contribution in [1.82, 2.24) is 0 Å². The van der Waals surface area contributed by atoms with Crippen LogP contribution in [0.4, 0.5) is 11.4 Å². The molecule has 2 aromatic carbocycles. The molecule has 6 N–H and O–H groups in total. The van der Waals surface area contributed by atoms with E-state index < -0.39 is 9.84 Å². The predicted octanol–water partition coefficient (Wildman–Crippen LogP) is 0.714. The molecule has 0 aliphatic rings. The molecule has 0 aromatic heterocycles. The Hall–Kier alpha value is -1.41. The van der Waals surface area contributed by atoms with E-state index in [0.29, 0.717) is 0 Å². The number of benzene rings is 2. The van der Waals surface area contributed by atoms with Crippen molar-refractivity contribution in [3.05, 3.63) is 36.4 Å². The summed E-state index contributed by atoms with van der Waals surface area (Å²) >= 11 is 0. The monoisotopic (exact) mass is 303 g/mol. The Balaban J connectivity index is 0.00000200. The van der Waals surface area contributed by atoms with Crippen LogP contribution in [0.2, 0.25) is 0 Å². The van der Waals surface area contributed by atoms with Crippen molar-refractivity contribution in [2.24, 2.45) is 0 Å². The zero-order chi connectivity index (χ0) is 14.2. The number of nitrogen functional groups attached to an aromatic ring is 2. The molecule has 8 heteroatoms. The first kappa shape index (κ1) is 16.6. The summed E-state index contributed by atoms with van der Waals surface area (Å²) in [6, 6.07) is 7.20. The largest absolute Gasteiger partial charge is 0.506 e. The summed E-state index contributed by atoms with van der Waals surface area (Å²) in [5, 5.41) is 18.6. The second-order valence-electron chi connectivity index (χ2n) is 3.94. The van der Waals surface area contributed by atoms with Crippen molar-refractivity contribution < 1.29 is 18.6 Å². The minimum atomic E-state index is -3.80. The molecule has 0 spiro atoms. The van der Waals surface area contributed by atoms with Gasteiger partial charge in [-0.2, -0.15) is 0 Å². The number of nitrogens with two attached hydrogens (primary N) is 2. The van der Waals surface area contributed by atoms with Crippen molar-refractivity contribution in [3.8, 4) is 11.5 Å². The van der Waals surface area contributed by atoms with E-state index in [2.05, 4.69) is 0 Å². The van der Waals surface area contributed by atoms with Crippen LogP contribution in [0.1, 0.15) is 0 Å². The van der Waals surface area contributed by atoms with Gasteiger partial charge in [-0.15, -0.1) is 0 Å². The Labute approximate surface area is 138 Å². The fraction of sp³-hybridized carbons (Fsp3) is 0. The van der Waals surface area contributed by atoms with E-state index in [4.69, 9.17) is 11.5 Å². The van der Waals surface area contributed by atoms with Gasteiger partial charge in [0.2, 0.25) is 9.84 Å². The number of phenols is 2. The third-order valence-electron chi connectivity index (χ3n) is 2.62. The summed E-state index contributed by atoms with van der Waals surface area (Å²) in [5.41, 5.74) is 10.9. The van der Waals surface area contributed by atoms with Gasteiger partial charge in [-0.05, 0) is 36.4 Å². The molecule has 0 unspecified atom stereocenters. The van der Waals surface area contributed by atoms with E-state index in [1.807, 2.05) is 0 Å². The standard InChI is InChI=1S/C12H12N2O4S.Na/c13-9-5-7(1-3-11(9)15)19(17,18)8-2-4-12(16)10(14)6-8;/h1-6,15-16H,13-14H2;. The van der Waals surface area contributed by atoms with Crippen molar-refractivity contribution in [3.63, 3.8) is 0 Å². The number of phenolic OH excluding ortho intramolecular Hbond substituents is 2. The molecule has 101 valence electrons. The van der Waals surface area contributed by atoms with Crippen LogP contribution in [0.3, 0.4) is 0 Å². The summed E-state index contributed by atoms with van der Waals surface area (Å²) < 4.78 is 24.6. The van der Waals surface area contributed by atoms with E-state index >= 15 is 0 Å². The summed E-state index contributed by atoms with van der Waals surface area (Å²) in [4.78, 5) is -0.124. The maximum absolute atomic E-state index is 12.3. The first-order valence-electron chi connectivity index (χ1n) is 5.24. The third-order valence-corrected chi connectivity index (χ3v) is 4.37. The summed E-state index contributed by atoms with van der Waals surface area (Å²) in [5.74, 6) is -0.381. The first-order valence-corrected chi connectivity index (χ1v) is 6.73. The van der Waals surface area contributed by atoms with Gasteiger partial charge in [-0.3, -0.25) is 0 Å². The summed E-state index contributed by atoms with van der Waals surface area (Å²) in [6.45, 7) is 0. The molecule has 0 aliphatic heterocycles. The Morgan fingerprint density at radius 1 is 0.800 bits per heavy atom. The average molecular weight is 303 g/mol. The maximum Gasteiger partial charge on any atom is 0.206 e. The van der Waals surface area contributed by atoms with Crippen LogP contribution in [0.5, 0.6) is 11.5 Å². The van der Waals surface area contributed by atoms with Gasteiger partial charge in [0.05, 0.1) is 21.2 Å². The van der Waals surface area contributed by atoms with Gasteiger partial charge in [0.15, 0.2) is 0 Å². The van der Waals surface area contributed by atoms with Crippen LogP contribution in [0.15, 0.2) is 46.2 Å². The predicted molar refractivity (Wildman–Crippen MR) is 76.2 cm³/mol. The number of rotatable bonds is 2. The second-order valence-corrected chi connectivity index (χ2v) is 5.89. The molecule has 2 rings (SSSR count). The van der Waals surface area contributed by atoms with Gasteiger partial charge >= 0.3 is 0 Å². The Kier molecular flexibility index (Phi) is 4.93. The molecule has 0 heterocycles. The van der Waals surface area contributed by atoms with Crippen LogP contribution in [0.25, 0.3) is 0 Å². The molecule has 6 nitrogen and oxygen atoms in total. The van der Waals surface area contributed by atoms with E-state index in [1.54, 1.807) is 0 Å². The van der Waals surface area contributed by atoms with Crippen molar-refractivity contribution in [2.75, 3.05) is 11.5 Å². The maximum atomic E-state index is 12.3. The summed E-state index contributed by atoms with van der Waals surface area (Å²) in [6.07, 6.45) is 0. The van der Waals surface area contributed by atoms with Gasteiger partial charge in [0.25, 0.3) is 0 Å². The topological polar surface area (TPSA) is 127 Å². The van der Waals surface area contributed by atoms with E-state index in [0.717, 1.165) is 12.1 Å². The quantitative estimate of drug-likeness (QED) is 0.368. The molecule has 0 aliphatic carbocycles. The molecule has 0 fully saturated rings. The third kappa shape index (κ3) is 3.01. The van der Waals surface area contributed by atoms with Crippen LogP contribution in [-0.2, 0) is 9.84 Å². The fourth-order valence-electron chi connectivity index (χ4n) is 1.54. The minimum absolute atomic E-state index is 0. The fourth-order valence-corrected chi connectivity index (χ4v) is 2.87. The number of aromatic hydroxyl groups is 2. The van der Waals surface area contributed by atoms with Gasteiger partial charge in [0.1, 0.15) is 11.5 Å². The van der Waals surface area contributed by atoms with Gasteiger partial charge in [-0.25, -0.2) is 8.42 Å². The minimum Gasteiger partial charge on any atom is -0.506 e. The van der Waals surface area contributed by atoms with Crippen molar-refractivity contribution in [1.29, 1.82) is 0 Å². The zero-order valence-corrected chi connectivity index (χ0v) is 13.6. The van der Waals surface area contributed by atoms with Crippen LogP contribution >= 0.6 is 0 Å². The van der Waals surface area contributed by atoms with Crippen LogP contribution in [-0.4, -0.2) is 48.2 Å². The molecule has 0 saturated carbocycles. The normalized spacial score (nSPS) is 10.8. The Morgan fingerprint density at radius 3 is 1.45 bits per heavy atom. The molecular weight excluding hydrogens is 291 g/mol. The van der Waals surface area contributed by atoms with Gasteiger partial charge < -0.3 is 21.7 Å². The van der Waals surface area contributed by atoms with E-state index in [1.165, 1.54) is 24.3 Å². The van der Waals surface area contributed by atoms with Crippen LogP contribution < -0.4 is 11.5 Å². The SMILES string of the molecule is Nc1cc(S(=O)(=O)c2ccc(O)c(N)c2)ccc1O.[Na]. The van der Waals surface area contributed by atoms with Crippen molar-refractivity contribution >= 4 is 50.8 Å². The molecule has 20 heavy (non-hydrogen) atoms. The van der Waals surface area contributed by atoms with Crippen LogP contribution in [0, 0.1) is 0 Å².